The van der Waals surface area contributed by atoms with E-state index in [1.807, 2.05) is 42.5 Å². The first-order valence-electron chi connectivity index (χ1n) is 20.8. The Morgan fingerprint density at radius 2 is 0.967 bits per heavy atom. The third-order valence-corrected chi connectivity index (χ3v) is 12.4. The minimum atomic E-state index is -0.105. The number of fused-ring (bicyclic) bond motifs is 10. The van der Waals surface area contributed by atoms with Crippen LogP contribution in [0.1, 0.15) is 12.8 Å². The summed E-state index contributed by atoms with van der Waals surface area (Å²) in [7, 11) is 0. The molecule has 288 valence electrons. The fourth-order valence-corrected chi connectivity index (χ4v) is 9.69. The van der Waals surface area contributed by atoms with E-state index in [0.717, 1.165) is 130 Å². The molecule has 0 N–H and O–H groups in total. The molecule has 4 heterocycles. The van der Waals surface area contributed by atoms with Gasteiger partial charge in [0.1, 0.15) is 34.2 Å². The van der Waals surface area contributed by atoms with Crippen LogP contribution in [-0.2, 0) is 0 Å². The molecule has 61 heavy (non-hydrogen) atoms. The van der Waals surface area contributed by atoms with Crippen molar-refractivity contribution in [1.82, 2.24) is 0 Å². The van der Waals surface area contributed by atoms with Gasteiger partial charge in [0.05, 0.1) is 11.4 Å². The second kappa shape index (κ2) is 13.3. The average Bonchev–Trinajstić information content (AvgIpc) is 3.89. The van der Waals surface area contributed by atoms with Crippen LogP contribution in [-0.4, -0.2) is 6.71 Å². The highest BCUT2D eigenvalue weighted by Crippen LogP contribution is 2.45. The summed E-state index contributed by atoms with van der Waals surface area (Å²) in [5, 5.41) is 4.36. The molecule has 10 aromatic rings. The van der Waals surface area contributed by atoms with Gasteiger partial charge in [-0.3, -0.25) is 0 Å². The molecule has 2 aliphatic heterocycles. The van der Waals surface area contributed by atoms with Gasteiger partial charge >= 0.3 is 0 Å². The Kier molecular flexibility index (Phi) is 7.42. The zero-order chi connectivity index (χ0) is 40.0. The number of allylic oxidation sites excluding steroid dienone is 3. The fourth-order valence-electron chi connectivity index (χ4n) is 9.69. The minimum Gasteiger partial charge on any atom is -0.458 e. The molecule has 8 aromatic carbocycles. The van der Waals surface area contributed by atoms with Crippen molar-refractivity contribution in [2.24, 2.45) is 0 Å². The SMILES string of the molecule is C1=CC(N(c2ccc3c(c2)Oc2cccc4c2B3c2ccc(N(c3ccccc3)c3cccc5c3oc3ccccc35)cc2O4)c2cccc3c2oc2ccccc23)=CCC1. The number of hydrogen-bond donors (Lipinski definition) is 0. The molecule has 0 unspecified atom stereocenters. The van der Waals surface area contributed by atoms with E-state index < -0.39 is 0 Å². The van der Waals surface area contributed by atoms with Crippen LogP contribution in [0.25, 0.3) is 43.9 Å². The smallest absolute Gasteiger partial charge is 0.260 e. The van der Waals surface area contributed by atoms with E-state index in [1.165, 1.54) is 0 Å². The predicted octanol–water partition coefficient (Wildman–Crippen LogP) is 13.1. The van der Waals surface area contributed by atoms with Gasteiger partial charge in [0.15, 0.2) is 11.2 Å². The van der Waals surface area contributed by atoms with Gasteiger partial charge in [-0.25, -0.2) is 0 Å². The van der Waals surface area contributed by atoms with E-state index in [1.54, 1.807) is 0 Å². The van der Waals surface area contributed by atoms with E-state index >= 15 is 0 Å². The first-order chi connectivity index (χ1) is 30.2. The average molecular weight is 787 g/mol. The van der Waals surface area contributed by atoms with Gasteiger partial charge in [0.2, 0.25) is 0 Å². The fraction of sp³-hybridized carbons (Fsp3) is 0.0370. The van der Waals surface area contributed by atoms with Crippen LogP contribution in [0, 0.1) is 0 Å². The molecule has 0 saturated carbocycles. The zero-order valence-electron chi connectivity index (χ0n) is 32.9. The molecule has 6 nitrogen and oxygen atoms in total. The zero-order valence-corrected chi connectivity index (χ0v) is 32.9. The quantitative estimate of drug-likeness (QED) is 0.157. The number of ether oxygens (including phenoxy) is 2. The number of anilines is 5. The summed E-state index contributed by atoms with van der Waals surface area (Å²) in [6, 6.07) is 59.0. The van der Waals surface area contributed by atoms with Crippen LogP contribution in [0.3, 0.4) is 0 Å². The van der Waals surface area contributed by atoms with Gasteiger partial charge < -0.3 is 28.1 Å². The van der Waals surface area contributed by atoms with E-state index in [0.29, 0.717) is 0 Å². The standard InChI is InChI=1S/C54H35BN2O4/c1-3-14-34(15-4-1)56(44-22-11-20-40-38-18-7-9-24-46(38)60-53(40)44)36-28-30-42-50(32-36)58-48-26-13-27-49-52(48)55(42)43-31-29-37(33-51(43)59-49)57(35-16-5-2-6-17-35)45-23-12-21-41-39-19-8-10-25-47(39)61-54(41)45/h1,3-5,7-33H,2,6H2. The van der Waals surface area contributed by atoms with Crippen LogP contribution in [0.4, 0.5) is 28.4 Å². The lowest BCUT2D eigenvalue weighted by atomic mass is 9.35. The molecule has 0 atom stereocenters. The highest BCUT2D eigenvalue weighted by molar-refractivity contribution is 6.98. The Morgan fingerprint density at radius 3 is 1.57 bits per heavy atom. The molecule has 0 saturated heterocycles. The molecular formula is C54H35BN2O4. The molecule has 0 bridgehead atoms. The summed E-state index contributed by atoms with van der Waals surface area (Å²) in [6.07, 6.45) is 8.75. The van der Waals surface area contributed by atoms with Crippen LogP contribution in [0.2, 0.25) is 0 Å². The molecular weight excluding hydrogens is 751 g/mol. The Morgan fingerprint density at radius 1 is 0.426 bits per heavy atom. The Hall–Kier alpha value is -7.90. The van der Waals surface area contributed by atoms with Gasteiger partial charge in [-0.05, 0) is 90.5 Å². The second-order valence-electron chi connectivity index (χ2n) is 15.9. The lowest BCUT2D eigenvalue weighted by molar-refractivity contribution is 0.464. The third-order valence-electron chi connectivity index (χ3n) is 12.4. The Balaban J connectivity index is 0.954. The lowest BCUT2D eigenvalue weighted by Gasteiger charge is -2.35. The normalized spacial score (nSPS) is 13.7. The molecule has 13 rings (SSSR count). The highest BCUT2D eigenvalue weighted by atomic mass is 16.5. The molecule has 0 fully saturated rings. The third kappa shape index (κ3) is 5.23. The van der Waals surface area contributed by atoms with Crippen molar-refractivity contribution in [3.8, 4) is 23.0 Å². The van der Waals surface area contributed by atoms with Crippen molar-refractivity contribution in [1.29, 1.82) is 0 Å². The van der Waals surface area contributed by atoms with Crippen molar-refractivity contribution in [2.45, 2.75) is 12.8 Å². The summed E-state index contributed by atoms with van der Waals surface area (Å²) in [5.74, 6) is 3.21. The number of para-hydroxylation sites is 5. The second-order valence-corrected chi connectivity index (χ2v) is 15.9. The van der Waals surface area contributed by atoms with E-state index in [4.69, 9.17) is 18.3 Å². The number of furan rings is 2. The molecule has 7 heteroatoms. The van der Waals surface area contributed by atoms with Crippen molar-refractivity contribution >= 4 is 95.4 Å². The van der Waals surface area contributed by atoms with Crippen molar-refractivity contribution < 1.29 is 18.3 Å². The first-order valence-corrected chi connectivity index (χ1v) is 20.8. The summed E-state index contributed by atoms with van der Waals surface area (Å²) < 4.78 is 26.9. The highest BCUT2D eigenvalue weighted by Gasteiger charge is 2.41. The number of rotatable bonds is 6. The maximum absolute atomic E-state index is 6.85. The van der Waals surface area contributed by atoms with Crippen LogP contribution in [0.15, 0.2) is 203 Å². The summed E-state index contributed by atoms with van der Waals surface area (Å²) in [5.41, 5.74) is 12.6. The topological polar surface area (TPSA) is 51.2 Å². The predicted molar refractivity (Wildman–Crippen MR) is 248 cm³/mol. The Labute approximate surface area is 351 Å². The van der Waals surface area contributed by atoms with Crippen molar-refractivity contribution in [3.63, 3.8) is 0 Å². The maximum atomic E-state index is 6.85. The van der Waals surface area contributed by atoms with Crippen LogP contribution < -0.4 is 35.7 Å². The summed E-state index contributed by atoms with van der Waals surface area (Å²) in [6.45, 7) is -0.105. The number of nitrogens with zero attached hydrogens (tertiary/aromatic N) is 2. The largest absolute Gasteiger partial charge is 0.458 e. The van der Waals surface area contributed by atoms with Gasteiger partial charge in [-0.2, -0.15) is 0 Å². The molecule has 0 radical (unpaired) electrons. The molecule has 2 aromatic heterocycles. The van der Waals surface area contributed by atoms with Gasteiger partial charge in [-0.15, -0.1) is 0 Å². The summed E-state index contributed by atoms with van der Waals surface area (Å²) in [4.78, 5) is 4.57. The van der Waals surface area contributed by atoms with Gasteiger partial charge in [-0.1, -0.05) is 109 Å². The molecule has 0 amide bonds. The number of benzene rings is 8. The van der Waals surface area contributed by atoms with Crippen LogP contribution >= 0.6 is 0 Å². The van der Waals surface area contributed by atoms with E-state index in [2.05, 4.69) is 155 Å². The van der Waals surface area contributed by atoms with Crippen molar-refractivity contribution in [2.75, 3.05) is 9.80 Å². The minimum absolute atomic E-state index is 0.105. The maximum Gasteiger partial charge on any atom is 0.260 e. The first kappa shape index (κ1) is 34.0. The van der Waals surface area contributed by atoms with E-state index in [-0.39, 0.29) is 6.71 Å². The van der Waals surface area contributed by atoms with E-state index in [9.17, 15) is 0 Å². The monoisotopic (exact) mass is 786 g/mol. The number of hydrogen-bond acceptors (Lipinski definition) is 6. The Bertz CT molecular complexity index is 3470. The van der Waals surface area contributed by atoms with Gasteiger partial charge in [0.25, 0.3) is 6.71 Å². The van der Waals surface area contributed by atoms with Crippen molar-refractivity contribution in [3.05, 3.63) is 194 Å². The molecule has 1 aliphatic carbocycles. The lowest BCUT2D eigenvalue weighted by Crippen LogP contribution is -2.57. The van der Waals surface area contributed by atoms with Gasteiger partial charge in [0, 0.05) is 61.9 Å². The molecule has 0 spiro atoms. The molecule has 3 aliphatic rings. The summed E-state index contributed by atoms with van der Waals surface area (Å²) >= 11 is 0. The van der Waals surface area contributed by atoms with Crippen LogP contribution in [0.5, 0.6) is 23.0 Å².